The molecule has 0 amide bonds. The van der Waals surface area contributed by atoms with Crippen LogP contribution in [0.2, 0.25) is 0 Å². The first kappa shape index (κ1) is 20.0. The molecule has 0 saturated carbocycles. The second kappa shape index (κ2) is 8.66. The molecule has 3 nitrogen and oxygen atoms in total. The highest BCUT2D eigenvalue weighted by Gasteiger charge is 2.16. The third-order valence-electron chi connectivity index (χ3n) is 5.86. The molecule has 2 N–H and O–H groups in total. The fourth-order valence-electron chi connectivity index (χ4n) is 4.26. The Balaban J connectivity index is 1.70. The number of aliphatic hydroxyl groups excluding tert-OH is 1. The van der Waals surface area contributed by atoms with Crippen LogP contribution in [0.5, 0.6) is 5.75 Å². The van der Waals surface area contributed by atoms with Crippen molar-refractivity contribution in [2.75, 3.05) is 6.61 Å². The normalized spacial score (nSPS) is 12.5. The van der Waals surface area contributed by atoms with E-state index in [1.54, 1.807) is 6.21 Å². The highest BCUT2D eigenvalue weighted by atomic mass is 16.3. The first-order valence-electron chi connectivity index (χ1n) is 10.7. The van der Waals surface area contributed by atoms with Crippen LogP contribution in [0.25, 0.3) is 32.7 Å². The molecular formula is C29H23NO2. The van der Waals surface area contributed by atoms with Crippen molar-refractivity contribution >= 4 is 27.8 Å². The van der Waals surface area contributed by atoms with Gasteiger partial charge in [-0.05, 0) is 38.7 Å². The van der Waals surface area contributed by atoms with Crippen LogP contribution < -0.4 is 0 Å². The predicted octanol–water partition coefficient (Wildman–Crippen LogP) is 6.52. The van der Waals surface area contributed by atoms with Gasteiger partial charge in [-0.25, -0.2) is 0 Å². The molecule has 5 rings (SSSR count). The maximum Gasteiger partial charge on any atom is 0.132 e. The minimum absolute atomic E-state index is 0.106. The molecular weight excluding hydrogens is 394 g/mol. The summed E-state index contributed by atoms with van der Waals surface area (Å²) in [5, 5.41) is 25.5. The maximum atomic E-state index is 11.4. The van der Waals surface area contributed by atoms with Gasteiger partial charge in [0.05, 0.1) is 12.6 Å². The molecule has 0 aromatic heterocycles. The smallest absolute Gasteiger partial charge is 0.132 e. The van der Waals surface area contributed by atoms with E-state index in [4.69, 9.17) is 0 Å². The molecule has 0 heterocycles. The molecule has 0 saturated heterocycles. The van der Waals surface area contributed by atoms with Crippen LogP contribution in [0.3, 0.4) is 0 Å². The molecule has 5 aromatic rings. The van der Waals surface area contributed by atoms with Crippen molar-refractivity contribution in [1.29, 1.82) is 0 Å². The van der Waals surface area contributed by atoms with Crippen LogP contribution in [0, 0.1) is 0 Å². The van der Waals surface area contributed by atoms with E-state index in [0.717, 1.165) is 38.2 Å². The Morgan fingerprint density at radius 2 is 1.38 bits per heavy atom. The average Bonchev–Trinajstić information content (AvgIpc) is 2.85. The Bertz CT molecular complexity index is 1420. The Labute approximate surface area is 186 Å². The molecule has 0 aliphatic heterocycles. The SMILES string of the molecule is OCC(N=Cc1cc2ccccc2c(-c2cccc3ccccc23)c1O)c1ccccc1. The van der Waals surface area contributed by atoms with Gasteiger partial charge in [0.2, 0.25) is 0 Å². The summed E-state index contributed by atoms with van der Waals surface area (Å²) in [6.45, 7) is -0.106. The highest BCUT2D eigenvalue weighted by Crippen LogP contribution is 2.41. The van der Waals surface area contributed by atoms with E-state index in [2.05, 4.69) is 23.2 Å². The third kappa shape index (κ3) is 3.64. The summed E-state index contributed by atoms with van der Waals surface area (Å²) in [5.41, 5.74) is 3.33. The molecule has 0 aliphatic carbocycles. The number of fused-ring (bicyclic) bond motifs is 2. The van der Waals surface area contributed by atoms with Gasteiger partial charge in [0, 0.05) is 17.3 Å². The quantitative estimate of drug-likeness (QED) is 0.320. The summed E-state index contributed by atoms with van der Waals surface area (Å²) >= 11 is 0. The van der Waals surface area contributed by atoms with E-state index in [9.17, 15) is 10.2 Å². The Kier molecular flexibility index (Phi) is 5.40. The molecule has 1 atom stereocenters. The minimum Gasteiger partial charge on any atom is -0.507 e. The van der Waals surface area contributed by atoms with Crippen molar-refractivity contribution in [3.8, 4) is 16.9 Å². The molecule has 0 fully saturated rings. The zero-order valence-corrected chi connectivity index (χ0v) is 17.5. The van der Waals surface area contributed by atoms with Crippen LogP contribution in [-0.4, -0.2) is 23.0 Å². The summed E-state index contributed by atoms with van der Waals surface area (Å²) in [6, 6.07) is 33.6. The van der Waals surface area contributed by atoms with Gasteiger partial charge in [-0.15, -0.1) is 0 Å². The molecule has 0 spiro atoms. The minimum atomic E-state index is -0.386. The number of benzene rings is 5. The number of hydrogen-bond donors (Lipinski definition) is 2. The van der Waals surface area contributed by atoms with Gasteiger partial charge < -0.3 is 10.2 Å². The van der Waals surface area contributed by atoms with E-state index in [1.807, 2.05) is 84.9 Å². The van der Waals surface area contributed by atoms with Gasteiger partial charge >= 0.3 is 0 Å². The maximum absolute atomic E-state index is 11.4. The van der Waals surface area contributed by atoms with Crippen LogP contribution in [0.1, 0.15) is 17.2 Å². The summed E-state index contributed by atoms with van der Waals surface area (Å²) in [6.07, 6.45) is 1.67. The van der Waals surface area contributed by atoms with Crippen molar-refractivity contribution in [3.63, 3.8) is 0 Å². The second-order valence-corrected chi connectivity index (χ2v) is 7.82. The molecule has 0 radical (unpaired) electrons. The molecule has 5 aromatic carbocycles. The number of rotatable bonds is 5. The summed E-state index contributed by atoms with van der Waals surface area (Å²) in [5.74, 6) is 0.188. The average molecular weight is 418 g/mol. The number of phenols is 1. The number of aliphatic hydroxyl groups is 1. The zero-order valence-electron chi connectivity index (χ0n) is 17.5. The number of nitrogens with zero attached hydrogens (tertiary/aromatic N) is 1. The molecule has 32 heavy (non-hydrogen) atoms. The first-order chi connectivity index (χ1) is 15.8. The first-order valence-corrected chi connectivity index (χ1v) is 10.7. The van der Waals surface area contributed by atoms with Crippen molar-refractivity contribution in [1.82, 2.24) is 0 Å². The number of phenolic OH excluding ortho intramolecular Hbond substituents is 1. The van der Waals surface area contributed by atoms with Crippen LogP contribution in [0.4, 0.5) is 0 Å². The van der Waals surface area contributed by atoms with Crippen molar-refractivity contribution in [3.05, 3.63) is 114 Å². The lowest BCUT2D eigenvalue weighted by Gasteiger charge is -2.15. The fourth-order valence-corrected chi connectivity index (χ4v) is 4.26. The van der Waals surface area contributed by atoms with Crippen molar-refractivity contribution in [2.45, 2.75) is 6.04 Å². The zero-order chi connectivity index (χ0) is 21.9. The van der Waals surface area contributed by atoms with Crippen LogP contribution in [0.15, 0.2) is 108 Å². The lowest BCUT2D eigenvalue weighted by atomic mass is 9.91. The Morgan fingerprint density at radius 3 is 2.16 bits per heavy atom. The van der Waals surface area contributed by atoms with Gasteiger partial charge in [-0.3, -0.25) is 4.99 Å². The number of aromatic hydroxyl groups is 1. The van der Waals surface area contributed by atoms with Gasteiger partial charge in [0.15, 0.2) is 0 Å². The molecule has 3 heteroatoms. The van der Waals surface area contributed by atoms with Crippen molar-refractivity contribution < 1.29 is 10.2 Å². The molecule has 156 valence electrons. The topological polar surface area (TPSA) is 52.8 Å². The molecule has 1 unspecified atom stereocenters. The van der Waals surface area contributed by atoms with E-state index < -0.39 is 0 Å². The van der Waals surface area contributed by atoms with Gasteiger partial charge in [-0.1, -0.05) is 97.1 Å². The van der Waals surface area contributed by atoms with Crippen LogP contribution >= 0.6 is 0 Å². The monoisotopic (exact) mass is 417 g/mol. The van der Waals surface area contributed by atoms with Gasteiger partial charge in [0.25, 0.3) is 0 Å². The number of aliphatic imine (C=N–C) groups is 1. The van der Waals surface area contributed by atoms with E-state index in [1.165, 1.54) is 0 Å². The lowest BCUT2D eigenvalue weighted by molar-refractivity contribution is 0.269. The summed E-state index contributed by atoms with van der Waals surface area (Å²) in [7, 11) is 0. The van der Waals surface area contributed by atoms with Crippen LogP contribution in [-0.2, 0) is 0 Å². The summed E-state index contributed by atoms with van der Waals surface area (Å²) < 4.78 is 0. The Hall–Kier alpha value is -3.95. The Morgan fingerprint density at radius 1 is 0.719 bits per heavy atom. The standard InChI is InChI=1S/C29H23NO2/c31-19-27(21-10-2-1-3-11-21)30-18-23-17-22-12-5-7-15-25(22)28(29(23)32)26-16-8-13-20-9-4-6-14-24(20)26/h1-18,27,31-32H,19H2. The lowest BCUT2D eigenvalue weighted by Crippen LogP contribution is -2.01. The largest absolute Gasteiger partial charge is 0.507 e. The molecule has 0 aliphatic rings. The summed E-state index contributed by atoms with van der Waals surface area (Å²) in [4.78, 5) is 4.61. The molecule has 0 bridgehead atoms. The van der Waals surface area contributed by atoms with Gasteiger partial charge in [0.1, 0.15) is 5.75 Å². The van der Waals surface area contributed by atoms with Crippen molar-refractivity contribution in [2.24, 2.45) is 4.99 Å². The van der Waals surface area contributed by atoms with E-state index in [0.29, 0.717) is 5.56 Å². The number of hydrogen-bond acceptors (Lipinski definition) is 3. The van der Waals surface area contributed by atoms with E-state index >= 15 is 0 Å². The second-order valence-electron chi connectivity index (χ2n) is 7.82. The van der Waals surface area contributed by atoms with E-state index in [-0.39, 0.29) is 18.4 Å². The predicted molar refractivity (Wildman–Crippen MR) is 132 cm³/mol. The highest BCUT2D eigenvalue weighted by molar-refractivity contribution is 6.10. The van der Waals surface area contributed by atoms with Gasteiger partial charge in [-0.2, -0.15) is 0 Å². The fraction of sp³-hybridized carbons (Fsp3) is 0.0690. The third-order valence-corrected chi connectivity index (χ3v) is 5.86.